The molecule has 1 aromatic heterocycles. The molecule has 2 aliphatic heterocycles. The Morgan fingerprint density at radius 3 is 2.89 bits per heavy atom. The van der Waals surface area contributed by atoms with E-state index in [1.54, 1.807) is 6.92 Å². The van der Waals surface area contributed by atoms with E-state index in [0.717, 1.165) is 11.3 Å². The van der Waals surface area contributed by atoms with Crippen LogP contribution in [0.3, 0.4) is 0 Å². The highest BCUT2D eigenvalue weighted by atomic mass is 32.2. The van der Waals surface area contributed by atoms with Gasteiger partial charge in [-0.1, -0.05) is 5.16 Å². The van der Waals surface area contributed by atoms with E-state index in [1.165, 1.54) is 22.0 Å². The van der Waals surface area contributed by atoms with Crippen LogP contribution in [0.4, 0.5) is 5.13 Å². The van der Waals surface area contributed by atoms with E-state index >= 15 is 0 Å². The number of fused-ring (bicyclic) bond motifs is 1. The van der Waals surface area contributed by atoms with Crippen molar-refractivity contribution in [2.24, 2.45) is 5.16 Å². The molecule has 1 aromatic rings. The summed E-state index contributed by atoms with van der Waals surface area (Å²) in [6.45, 7) is 1.23. The number of aromatic nitrogens is 1. The number of nitrogens with one attached hydrogen (secondary N) is 1. The van der Waals surface area contributed by atoms with E-state index in [1.807, 2.05) is 0 Å². The number of anilines is 1. The van der Waals surface area contributed by atoms with E-state index in [0.29, 0.717) is 11.3 Å². The first kappa shape index (κ1) is 20.1. The third kappa shape index (κ3) is 3.68. The summed E-state index contributed by atoms with van der Waals surface area (Å²) in [6, 6.07) is -0.904. The fourth-order valence-electron chi connectivity index (χ4n) is 2.74. The molecule has 3 heterocycles. The molecule has 28 heavy (non-hydrogen) atoms. The number of thiazole rings is 1. The second-order valence-electron chi connectivity index (χ2n) is 5.86. The van der Waals surface area contributed by atoms with Gasteiger partial charge in [-0.15, -0.1) is 23.1 Å². The molecule has 2 aliphatic rings. The minimum atomic E-state index is -1.18. The molecular formula is C15H17N5O6S2. The van der Waals surface area contributed by atoms with Gasteiger partial charge in [0.1, 0.15) is 29.4 Å². The predicted octanol–water partition coefficient (Wildman–Crippen LogP) is -0.803. The summed E-state index contributed by atoms with van der Waals surface area (Å²) in [5.74, 6) is -1.98. The molecular weight excluding hydrogens is 410 g/mol. The number of rotatable bonds is 7. The van der Waals surface area contributed by atoms with Crippen LogP contribution in [0.2, 0.25) is 0 Å². The summed E-state index contributed by atoms with van der Waals surface area (Å²) >= 11 is 2.46. The summed E-state index contributed by atoms with van der Waals surface area (Å²) in [5, 5.41) is 25.6. The molecule has 0 radical (unpaired) electrons. The van der Waals surface area contributed by atoms with Crippen molar-refractivity contribution >= 4 is 51.7 Å². The maximum absolute atomic E-state index is 12.7. The van der Waals surface area contributed by atoms with Crippen molar-refractivity contribution in [3.8, 4) is 0 Å². The lowest BCUT2D eigenvalue weighted by atomic mass is 10.0. The maximum Gasteiger partial charge on any atom is 0.352 e. The van der Waals surface area contributed by atoms with Crippen molar-refractivity contribution < 1.29 is 29.4 Å². The number of oxime groups is 1. The second-order valence-corrected chi connectivity index (χ2v) is 7.86. The number of carboxylic acid groups (broad SMARTS) is 1. The number of aliphatic carboxylic acids is 1. The van der Waals surface area contributed by atoms with Crippen LogP contribution in [0.25, 0.3) is 0 Å². The first-order valence-corrected chi connectivity index (χ1v) is 9.98. The van der Waals surface area contributed by atoms with Gasteiger partial charge in [-0.05, 0) is 12.5 Å². The van der Waals surface area contributed by atoms with Crippen LogP contribution in [0.15, 0.2) is 21.8 Å². The molecule has 3 rings (SSSR count). The average molecular weight is 427 g/mol. The van der Waals surface area contributed by atoms with Crippen LogP contribution in [0.1, 0.15) is 12.6 Å². The number of β-lactam (4-membered cyclic amide) rings is 1. The van der Waals surface area contributed by atoms with Crippen molar-refractivity contribution in [2.45, 2.75) is 18.3 Å². The molecule has 0 saturated carbocycles. The predicted molar refractivity (Wildman–Crippen MR) is 101 cm³/mol. The number of nitrogens with zero attached hydrogens (tertiary/aromatic N) is 3. The molecule has 5 N–H and O–H groups in total. The lowest BCUT2D eigenvalue weighted by Gasteiger charge is -2.49. The monoisotopic (exact) mass is 427 g/mol. The third-order valence-electron chi connectivity index (χ3n) is 3.97. The number of carboxylic acids is 1. The summed E-state index contributed by atoms with van der Waals surface area (Å²) in [6.07, 6.45) is 0. The Labute approximate surface area is 167 Å². The number of carbonyl (C=O) groups is 3. The van der Waals surface area contributed by atoms with Gasteiger partial charge in [0, 0.05) is 11.1 Å². The van der Waals surface area contributed by atoms with Crippen LogP contribution in [-0.2, 0) is 19.2 Å². The van der Waals surface area contributed by atoms with Crippen LogP contribution >= 0.6 is 23.1 Å². The highest BCUT2D eigenvalue weighted by Gasteiger charge is 2.54. The van der Waals surface area contributed by atoms with Gasteiger partial charge in [0.2, 0.25) is 0 Å². The number of nitrogen functional groups attached to an aromatic ring is 1. The van der Waals surface area contributed by atoms with E-state index in [9.17, 15) is 19.5 Å². The number of amides is 2. The Balaban J connectivity index is 1.77. The number of hydrogen-bond acceptors (Lipinski definition) is 10. The number of carbonyl (C=O) groups excluding carboxylic acids is 2. The molecule has 13 heteroatoms. The highest BCUT2D eigenvalue weighted by Crippen LogP contribution is 2.40. The molecule has 150 valence electrons. The molecule has 0 bridgehead atoms. The van der Waals surface area contributed by atoms with E-state index in [4.69, 9.17) is 15.7 Å². The van der Waals surface area contributed by atoms with Crippen molar-refractivity contribution in [2.75, 3.05) is 24.7 Å². The van der Waals surface area contributed by atoms with Gasteiger partial charge in [-0.3, -0.25) is 14.5 Å². The van der Waals surface area contributed by atoms with Crippen LogP contribution in [0, 0.1) is 0 Å². The molecule has 0 aliphatic carbocycles. The smallest absolute Gasteiger partial charge is 0.352 e. The van der Waals surface area contributed by atoms with Gasteiger partial charge in [-0.25, -0.2) is 9.78 Å². The summed E-state index contributed by atoms with van der Waals surface area (Å²) < 4.78 is 0. The number of thioether (sulfide) groups is 1. The molecule has 2 atom stereocenters. The molecule has 0 aromatic carbocycles. The van der Waals surface area contributed by atoms with Crippen molar-refractivity contribution in [1.82, 2.24) is 15.2 Å². The highest BCUT2D eigenvalue weighted by molar-refractivity contribution is 8.00. The molecule has 1 saturated heterocycles. The van der Waals surface area contributed by atoms with Crippen molar-refractivity contribution in [1.29, 1.82) is 0 Å². The Kier molecular flexibility index (Phi) is 5.86. The first-order chi connectivity index (χ1) is 13.3. The van der Waals surface area contributed by atoms with E-state index in [-0.39, 0.29) is 35.4 Å². The lowest BCUT2D eigenvalue weighted by Crippen LogP contribution is -2.71. The summed E-state index contributed by atoms with van der Waals surface area (Å²) in [5.41, 5.74) is 6.10. The van der Waals surface area contributed by atoms with Crippen LogP contribution < -0.4 is 11.1 Å². The Morgan fingerprint density at radius 1 is 1.54 bits per heavy atom. The molecule has 0 spiro atoms. The van der Waals surface area contributed by atoms with Gasteiger partial charge >= 0.3 is 5.97 Å². The average Bonchev–Trinajstić information content (AvgIpc) is 3.08. The zero-order chi connectivity index (χ0) is 20.4. The lowest BCUT2D eigenvalue weighted by molar-refractivity contribution is -0.150. The first-order valence-electron chi connectivity index (χ1n) is 8.06. The van der Waals surface area contributed by atoms with Crippen molar-refractivity contribution in [3.05, 3.63) is 22.3 Å². The van der Waals surface area contributed by atoms with Gasteiger partial charge in [0.15, 0.2) is 10.8 Å². The third-order valence-corrected chi connectivity index (χ3v) is 6.06. The Morgan fingerprint density at radius 2 is 2.29 bits per heavy atom. The van der Waals surface area contributed by atoms with Crippen molar-refractivity contribution in [3.63, 3.8) is 0 Å². The van der Waals surface area contributed by atoms with Gasteiger partial charge in [0.25, 0.3) is 11.8 Å². The molecule has 11 nitrogen and oxygen atoms in total. The largest absolute Gasteiger partial charge is 0.477 e. The SMILES string of the molecule is CC1=C(C(=O)O)N2C(=O)C(NC(=O)/C(=N\OCCO)c3csc(N)n3)[C@H]2SC1. The molecule has 1 fully saturated rings. The van der Waals surface area contributed by atoms with Crippen LogP contribution in [0.5, 0.6) is 0 Å². The fourth-order valence-corrected chi connectivity index (χ4v) is 4.58. The second kappa shape index (κ2) is 8.16. The Hall–Kier alpha value is -2.64. The zero-order valence-corrected chi connectivity index (χ0v) is 16.2. The Bertz CT molecular complexity index is 882. The number of hydrogen-bond donors (Lipinski definition) is 4. The fraction of sp³-hybridized carbons (Fsp3) is 0.400. The van der Waals surface area contributed by atoms with Gasteiger partial charge < -0.3 is 26.1 Å². The van der Waals surface area contributed by atoms with Crippen LogP contribution in [-0.4, -0.2) is 74.0 Å². The maximum atomic E-state index is 12.7. The van der Waals surface area contributed by atoms with Gasteiger partial charge in [0.05, 0.1) is 6.61 Å². The number of aliphatic hydroxyl groups is 1. The molecule has 1 unspecified atom stereocenters. The number of nitrogens with two attached hydrogens (primary N) is 1. The number of aliphatic hydroxyl groups excluding tert-OH is 1. The summed E-state index contributed by atoms with van der Waals surface area (Å²) in [4.78, 5) is 46.6. The summed E-state index contributed by atoms with van der Waals surface area (Å²) in [7, 11) is 0. The minimum Gasteiger partial charge on any atom is -0.477 e. The zero-order valence-electron chi connectivity index (χ0n) is 14.6. The minimum absolute atomic E-state index is 0.0494. The molecule has 2 amide bonds. The van der Waals surface area contributed by atoms with Gasteiger partial charge in [-0.2, -0.15) is 0 Å². The standard InChI is InChI=1S/C15H17N5O6S2/c1-6-4-27-13-9(12(23)20(13)10(6)14(24)25)18-11(22)8(19-26-3-2-21)7-5-28-15(16)17-7/h5,9,13,21H,2-4H2,1H3,(H2,16,17)(H,18,22)(H,24,25)/b19-8-/t9?,13-/m1/s1. The quantitative estimate of drug-likeness (QED) is 0.188. The van der Waals surface area contributed by atoms with E-state index < -0.39 is 29.2 Å². The normalized spacial score (nSPS) is 21.9. The topological polar surface area (TPSA) is 167 Å². The van der Waals surface area contributed by atoms with E-state index in [2.05, 4.69) is 15.5 Å².